The molecule has 1 saturated carbocycles. The molecule has 92 valence electrons. The number of carboxylic acid groups (broad SMARTS) is 1. The Morgan fingerprint density at radius 2 is 1.71 bits per heavy atom. The zero-order valence-electron chi connectivity index (χ0n) is 9.17. The summed E-state index contributed by atoms with van der Waals surface area (Å²) in [7, 11) is 0. The van der Waals surface area contributed by atoms with Crippen molar-refractivity contribution >= 4 is 5.97 Å². The summed E-state index contributed by atoms with van der Waals surface area (Å²) in [4.78, 5) is 10.7. The standard InChI is InChI=1S/C12H13F2NO2/c13-8-5-7(11(16)17)6-9(14)10(8)12(15)3-1-2-4-12/h5-6H,1-4,15H2,(H,16,17). The van der Waals surface area contributed by atoms with Crippen LogP contribution in [-0.4, -0.2) is 11.1 Å². The molecule has 2 rings (SSSR count). The fourth-order valence-corrected chi connectivity index (χ4v) is 2.43. The van der Waals surface area contributed by atoms with E-state index in [1.165, 1.54) is 0 Å². The molecule has 1 aliphatic rings. The van der Waals surface area contributed by atoms with Gasteiger partial charge in [0, 0.05) is 11.1 Å². The quantitative estimate of drug-likeness (QED) is 0.835. The van der Waals surface area contributed by atoms with Gasteiger partial charge in [0.1, 0.15) is 11.6 Å². The van der Waals surface area contributed by atoms with Gasteiger partial charge in [-0.1, -0.05) is 12.8 Å². The number of carboxylic acids is 1. The molecule has 1 aliphatic carbocycles. The Kier molecular flexibility index (Phi) is 2.87. The topological polar surface area (TPSA) is 63.3 Å². The van der Waals surface area contributed by atoms with E-state index < -0.39 is 28.7 Å². The van der Waals surface area contributed by atoms with E-state index in [1.54, 1.807) is 0 Å². The smallest absolute Gasteiger partial charge is 0.335 e. The molecule has 0 spiro atoms. The molecule has 0 bridgehead atoms. The van der Waals surface area contributed by atoms with Crippen LogP contribution < -0.4 is 5.73 Å². The van der Waals surface area contributed by atoms with Crippen LogP contribution in [0.25, 0.3) is 0 Å². The number of hydrogen-bond donors (Lipinski definition) is 2. The molecule has 5 heteroatoms. The van der Waals surface area contributed by atoms with Gasteiger partial charge >= 0.3 is 5.97 Å². The summed E-state index contributed by atoms with van der Waals surface area (Å²) in [6.45, 7) is 0. The fraction of sp³-hybridized carbons (Fsp3) is 0.417. The molecule has 0 saturated heterocycles. The minimum absolute atomic E-state index is 0.181. The summed E-state index contributed by atoms with van der Waals surface area (Å²) in [6.07, 6.45) is 2.70. The summed E-state index contributed by atoms with van der Waals surface area (Å²) in [5.41, 5.74) is 4.41. The summed E-state index contributed by atoms with van der Waals surface area (Å²) in [5, 5.41) is 8.69. The van der Waals surface area contributed by atoms with Crippen LogP contribution in [0.15, 0.2) is 12.1 Å². The molecule has 0 atom stereocenters. The van der Waals surface area contributed by atoms with E-state index in [2.05, 4.69) is 0 Å². The van der Waals surface area contributed by atoms with Crippen molar-refractivity contribution in [2.24, 2.45) is 5.73 Å². The highest BCUT2D eigenvalue weighted by molar-refractivity contribution is 5.87. The van der Waals surface area contributed by atoms with Crippen molar-refractivity contribution in [1.82, 2.24) is 0 Å². The van der Waals surface area contributed by atoms with Crippen LogP contribution >= 0.6 is 0 Å². The molecule has 0 heterocycles. The first-order valence-electron chi connectivity index (χ1n) is 5.46. The predicted octanol–water partition coefficient (Wildman–Crippen LogP) is 2.39. The molecule has 3 nitrogen and oxygen atoms in total. The monoisotopic (exact) mass is 241 g/mol. The summed E-state index contributed by atoms with van der Waals surface area (Å²) in [6, 6.07) is 1.65. The van der Waals surface area contributed by atoms with Crippen molar-refractivity contribution < 1.29 is 18.7 Å². The molecule has 0 amide bonds. The normalized spacial score (nSPS) is 18.3. The Balaban J connectivity index is 2.52. The summed E-state index contributed by atoms with van der Waals surface area (Å²) in [5.74, 6) is -3.09. The maximum atomic E-state index is 13.8. The van der Waals surface area contributed by atoms with E-state index in [4.69, 9.17) is 10.8 Å². The highest BCUT2D eigenvalue weighted by atomic mass is 19.1. The number of rotatable bonds is 2. The molecule has 0 unspecified atom stereocenters. The first-order chi connectivity index (χ1) is 7.94. The molecule has 1 aromatic carbocycles. The Labute approximate surface area is 97.2 Å². The Morgan fingerprint density at radius 1 is 1.24 bits per heavy atom. The van der Waals surface area contributed by atoms with Gasteiger partial charge in [0.05, 0.1) is 5.56 Å². The van der Waals surface area contributed by atoms with Gasteiger partial charge in [-0.2, -0.15) is 0 Å². The average Bonchev–Trinajstić information content (AvgIpc) is 2.64. The van der Waals surface area contributed by atoms with Crippen LogP contribution in [-0.2, 0) is 5.54 Å². The molecule has 0 aromatic heterocycles. The van der Waals surface area contributed by atoms with Crippen LogP contribution in [0.3, 0.4) is 0 Å². The summed E-state index contributed by atoms with van der Waals surface area (Å²) < 4.78 is 27.6. The van der Waals surface area contributed by atoms with Crippen LogP contribution in [0.1, 0.15) is 41.6 Å². The first-order valence-corrected chi connectivity index (χ1v) is 5.46. The first kappa shape index (κ1) is 12.0. The third-order valence-electron chi connectivity index (χ3n) is 3.28. The second-order valence-electron chi connectivity index (χ2n) is 4.48. The number of carbonyl (C=O) groups is 1. The van der Waals surface area contributed by atoms with Crippen LogP contribution in [0, 0.1) is 11.6 Å². The molecule has 1 fully saturated rings. The van der Waals surface area contributed by atoms with E-state index >= 15 is 0 Å². The Bertz CT molecular complexity index is 445. The molecular weight excluding hydrogens is 228 g/mol. The second-order valence-corrected chi connectivity index (χ2v) is 4.48. The van der Waals surface area contributed by atoms with Gasteiger partial charge in [-0.15, -0.1) is 0 Å². The Hall–Kier alpha value is -1.49. The van der Waals surface area contributed by atoms with E-state index in [-0.39, 0.29) is 5.56 Å². The molecule has 1 aromatic rings. The largest absolute Gasteiger partial charge is 0.478 e. The van der Waals surface area contributed by atoms with Crippen LogP contribution in [0.4, 0.5) is 8.78 Å². The Morgan fingerprint density at radius 3 is 2.12 bits per heavy atom. The summed E-state index contributed by atoms with van der Waals surface area (Å²) >= 11 is 0. The van der Waals surface area contributed by atoms with Crippen LogP contribution in [0.5, 0.6) is 0 Å². The van der Waals surface area contributed by atoms with Crippen LogP contribution in [0.2, 0.25) is 0 Å². The fourth-order valence-electron chi connectivity index (χ4n) is 2.43. The van der Waals surface area contributed by atoms with E-state index in [0.717, 1.165) is 25.0 Å². The number of halogens is 2. The molecule has 17 heavy (non-hydrogen) atoms. The molecule has 0 aliphatic heterocycles. The SMILES string of the molecule is NC1(c2c(F)cc(C(=O)O)cc2F)CCCC1. The van der Waals surface area contributed by atoms with E-state index in [0.29, 0.717) is 12.8 Å². The second kappa shape index (κ2) is 4.07. The predicted molar refractivity (Wildman–Crippen MR) is 57.7 cm³/mol. The van der Waals surface area contributed by atoms with Gasteiger partial charge in [-0.05, 0) is 25.0 Å². The lowest BCUT2D eigenvalue weighted by Gasteiger charge is -2.25. The number of hydrogen-bond acceptors (Lipinski definition) is 2. The highest BCUT2D eigenvalue weighted by Gasteiger charge is 2.36. The van der Waals surface area contributed by atoms with Gasteiger partial charge < -0.3 is 10.8 Å². The van der Waals surface area contributed by atoms with E-state index in [9.17, 15) is 13.6 Å². The minimum atomic E-state index is -1.35. The lowest BCUT2D eigenvalue weighted by Crippen LogP contribution is -2.35. The van der Waals surface area contributed by atoms with Crippen molar-refractivity contribution in [2.45, 2.75) is 31.2 Å². The molecular formula is C12H13F2NO2. The minimum Gasteiger partial charge on any atom is -0.478 e. The van der Waals surface area contributed by atoms with Gasteiger partial charge in [-0.25, -0.2) is 13.6 Å². The van der Waals surface area contributed by atoms with Gasteiger partial charge in [0.15, 0.2) is 0 Å². The molecule has 3 N–H and O–H groups in total. The van der Waals surface area contributed by atoms with Crippen molar-refractivity contribution in [3.8, 4) is 0 Å². The lowest BCUT2D eigenvalue weighted by molar-refractivity contribution is 0.0695. The van der Waals surface area contributed by atoms with Crippen molar-refractivity contribution in [3.63, 3.8) is 0 Å². The van der Waals surface area contributed by atoms with Gasteiger partial charge in [0.25, 0.3) is 0 Å². The average molecular weight is 241 g/mol. The van der Waals surface area contributed by atoms with Crippen molar-refractivity contribution in [1.29, 1.82) is 0 Å². The molecule has 0 radical (unpaired) electrons. The van der Waals surface area contributed by atoms with Gasteiger partial charge in [-0.3, -0.25) is 0 Å². The van der Waals surface area contributed by atoms with Gasteiger partial charge in [0.2, 0.25) is 0 Å². The third-order valence-corrected chi connectivity index (χ3v) is 3.28. The lowest BCUT2D eigenvalue weighted by atomic mass is 9.88. The number of benzene rings is 1. The number of nitrogens with two attached hydrogens (primary N) is 1. The maximum absolute atomic E-state index is 13.8. The van der Waals surface area contributed by atoms with Crippen molar-refractivity contribution in [3.05, 3.63) is 34.9 Å². The third kappa shape index (κ3) is 2.02. The zero-order chi connectivity index (χ0) is 12.6. The zero-order valence-corrected chi connectivity index (χ0v) is 9.17. The highest BCUT2D eigenvalue weighted by Crippen LogP contribution is 2.39. The van der Waals surface area contributed by atoms with E-state index in [1.807, 2.05) is 0 Å². The number of aromatic carboxylic acids is 1. The maximum Gasteiger partial charge on any atom is 0.335 e. The van der Waals surface area contributed by atoms with Crippen molar-refractivity contribution in [2.75, 3.05) is 0 Å².